The highest BCUT2D eigenvalue weighted by Gasteiger charge is 2.34. The second kappa shape index (κ2) is 9.20. The summed E-state index contributed by atoms with van der Waals surface area (Å²) in [6.07, 6.45) is 13.5. The van der Waals surface area contributed by atoms with Crippen LogP contribution in [-0.2, 0) is 0 Å². The van der Waals surface area contributed by atoms with Gasteiger partial charge in [-0.1, -0.05) is 59.8 Å². The average molecular weight is 321 g/mol. The Morgan fingerprint density at radius 1 is 0.913 bits per heavy atom. The molecule has 2 aliphatic carbocycles. The van der Waals surface area contributed by atoms with E-state index in [1.807, 2.05) is 6.21 Å². The maximum absolute atomic E-state index is 4.86. The van der Waals surface area contributed by atoms with Crippen molar-refractivity contribution < 1.29 is 0 Å². The summed E-state index contributed by atoms with van der Waals surface area (Å²) >= 11 is 0. The van der Waals surface area contributed by atoms with E-state index in [2.05, 4.69) is 39.9 Å². The molecular weight excluding hydrogens is 280 g/mol. The Kier molecular flexibility index (Phi) is 7.59. The quantitative estimate of drug-likeness (QED) is 0.626. The van der Waals surface area contributed by atoms with Gasteiger partial charge in [0.2, 0.25) is 0 Å². The van der Waals surface area contributed by atoms with Crippen molar-refractivity contribution in [1.82, 2.24) is 5.32 Å². The third-order valence-electron chi connectivity index (χ3n) is 6.99. The normalized spacial score (nSPS) is 36.7. The number of hydrogen-bond acceptors (Lipinski definition) is 2. The van der Waals surface area contributed by atoms with Crippen molar-refractivity contribution in [2.45, 2.75) is 98.2 Å². The van der Waals surface area contributed by atoms with E-state index >= 15 is 0 Å². The summed E-state index contributed by atoms with van der Waals surface area (Å²) < 4.78 is 0. The molecule has 2 rings (SSSR count). The molecule has 2 fully saturated rings. The second-order valence-corrected chi connectivity index (χ2v) is 8.53. The molecule has 7 atom stereocenters. The standard InChI is InChI=1S/C21H40N2/c1-6-22-21(23-20-14-10-8-12-16(20)3)18(5)17(4)19-13-9-7-11-15(19)2/h6,15-21,23H,7-14H2,1-5H3/b22-6-. The van der Waals surface area contributed by atoms with Crippen LogP contribution in [0.1, 0.15) is 86.0 Å². The van der Waals surface area contributed by atoms with E-state index in [1.54, 1.807) is 0 Å². The van der Waals surface area contributed by atoms with Crippen LogP contribution in [0, 0.1) is 29.6 Å². The van der Waals surface area contributed by atoms with Gasteiger partial charge in [-0.3, -0.25) is 10.3 Å². The summed E-state index contributed by atoms with van der Waals surface area (Å²) in [5.41, 5.74) is 0. The molecule has 2 heteroatoms. The Bertz CT molecular complexity index is 365. The van der Waals surface area contributed by atoms with E-state index in [-0.39, 0.29) is 0 Å². The SMILES string of the molecule is C/C=N\C(NC1CCCCC1C)C(C)C(C)C1CCCCC1C. The van der Waals surface area contributed by atoms with Gasteiger partial charge in [0.25, 0.3) is 0 Å². The van der Waals surface area contributed by atoms with Crippen LogP contribution in [0.3, 0.4) is 0 Å². The van der Waals surface area contributed by atoms with Gasteiger partial charge in [0.1, 0.15) is 6.17 Å². The maximum Gasteiger partial charge on any atom is 0.102 e. The van der Waals surface area contributed by atoms with Crippen LogP contribution >= 0.6 is 0 Å². The molecule has 0 amide bonds. The highest BCUT2D eigenvalue weighted by Crippen LogP contribution is 2.39. The first-order chi connectivity index (χ1) is 11.0. The smallest absolute Gasteiger partial charge is 0.102 e. The first-order valence-electron chi connectivity index (χ1n) is 10.3. The molecule has 23 heavy (non-hydrogen) atoms. The Hall–Kier alpha value is -0.370. The zero-order chi connectivity index (χ0) is 16.8. The molecule has 0 aromatic carbocycles. The van der Waals surface area contributed by atoms with Crippen LogP contribution in [-0.4, -0.2) is 18.4 Å². The minimum absolute atomic E-state index is 0.301. The zero-order valence-corrected chi connectivity index (χ0v) is 16.2. The number of aliphatic imine (C=N–C) groups is 1. The average Bonchev–Trinajstić information content (AvgIpc) is 2.55. The number of hydrogen-bond donors (Lipinski definition) is 1. The fourth-order valence-corrected chi connectivity index (χ4v) is 5.08. The molecule has 0 saturated heterocycles. The van der Waals surface area contributed by atoms with Crippen molar-refractivity contribution in [2.24, 2.45) is 34.6 Å². The summed E-state index contributed by atoms with van der Waals surface area (Å²) in [5, 5.41) is 3.94. The second-order valence-electron chi connectivity index (χ2n) is 8.53. The van der Waals surface area contributed by atoms with Crippen molar-refractivity contribution in [2.75, 3.05) is 0 Å². The molecule has 7 unspecified atom stereocenters. The third-order valence-corrected chi connectivity index (χ3v) is 6.99. The predicted molar refractivity (Wildman–Crippen MR) is 102 cm³/mol. The van der Waals surface area contributed by atoms with Crippen LogP contribution in [0.25, 0.3) is 0 Å². The van der Waals surface area contributed by atoms with Crippen molar-refractivity contribution in [3.63, 3.8) is 0 Å². The minimum atomic E-state index is 0.301. The lowest BCUT2D eigenvalue weighted by molar-refractivity contribution is 0.115. The highest BCUT2D eigenvalue weighted by molar-refractivity contribution is 5.53. The predicted octanol–water partition coefficient (Wildman–Crippen LogP) is 5.67. The Balaban J connectivity index is 2.00. The monoisotopic (exact) mass is 320 g/mol. The summed E-state index contributed by atoms with van der Waals surface area (Å²) in [4.78, 5) is 4.86. The zero-order valence-electron chi connectivity index (χ0n) is 16.2. The third kappa shape index (κ3) is 5.05. The van der Waals surface area contributed by atoms with Crippen LogP contribution in [0.15, 0.2) is 4.99 Å². The fraction of sp³-hybridized carbons (Fsp3) is 0.952. The lowest BCUT2D eigenvalue weighted by Gasteiger charge is -2.40. The molecule has 0 aromatic heterocycles. The molecule has 1 N–H and O–H groups in total. The summed E-state index contributed by atoms with van der Waals surface area (Å²) in [7, 11) is 0. The molecule has 0 aliphatic heterocycles. The summed E-state index contributed by atoms with van der Waals surface area (Å²) in [6, 6.07) is 0.663. The topological polar surface area (TPSA) is 24.4 Å². The Morgan fingerprint density at radius 2 is 1.52 bits per heavy atom. The largest absolute Gasteiger partial charge is 0.293 e. The van der Waals surface area contributed by atoms with Crippen LogP contribution in [0.2, 0.25) is 0 Å². The first-order valence-corrected chi connectivity index (χ1v) is 10.3. The van der Waals surface area contributed by atoms with Crippen LogP contribution in [0.4, 0.5) is 0 Å². The molecule has 2 nitrogen and oxygen atoms in total. The summed E-state index contributed by atoms with van der Waals surface area (Å²) in [5.74, 6) is 3.95. The maximum atomic E-state index is 4.86. The van der Waals surface area contributed by atoms with Crippen LogP contribution < -0.4 is 5.32 Å². The van der Waals surface area contributed by atoms with Crippen molar-refractivity contribution in [3.8, 4) is 0 Å². The van der Waals surface area contributed by atoms with E-state index < -0.39 is 0 Å². The number of rotatable bonds is 6. The van der Waals surface area contributed by atoms with Gasteiger partial charge >= 0.3 is 0 Å². The van der Waals surface area contributed by atoms with Gasteiger partial charge in [-0.2, -0.15) is 0 Å². The highest BCUT2D eigenvalue weighted by atomic mass is 15.1. The Morgan fingerprint density at radius 3 is 2.13 bits per heavy atom. The minimum Gasteiger partial charge on any atom is -0.293 e. The van der Waals surface area contributed by atoms with E-state index in [0.717, 1.165) is 23.7 Å². The van der Waals surface area contributed by atoms with E-state index in [0.29, 0.717) is 18.1 Å². The first kappa shape index (κ1) is 19.0. The fourth-order valence-electron chi connectivity index (χ4n) is 5.08. The number of nitrogens with zero attached hydrogens (tertiary/aromatic N) is 1. The van der Waals surface area contributed by atoms with Crippen molar-refractivity contribution in [3.05, 3.63) is 0 Å². The van der Waals surface area contributed by atoms with Gasteiger partial charge < -0.3 is 0 Å². The van der Waals surface area contributed by atoms with Gasteiger partial charge in [0, 0.05) is 6.04 Å². The lowest BCUT2D eigenvalue weighted by Crippen LogP contribution is -2.47. The molecular formula is C21H40N2. The van der Waals surface area contributed by atoms with Gasteiger partial charge in [-0.25, -0.2) is 0 Å². The van der Waals surface area contributed by atoms with E-state index in [1.165, 1.54) is 51.4 Å². The van der Waals surface area contributed by atoms with Crippen molar-refractivity contribution >= 4 is 6.21 Å². The molecule has 0 aromatic rings. The number of nitrogens with one attached hydrogen (secondary N) is 1. The van der Waals surface area contributed by atoms with E-state index in [9.17, 15) is 0 Å². The molecule has 0 heterocycles. The van der Waals surface area contributed by atoms with Gasteiger partial charge in [-0.15, -0.1) is 0 Å². The van der Waals surface area contributed by atoms with Crippen LogP contribution in [0.5, 0.6) is 0 Å². The van der Waals surface area contributed by atoms with Gasteiger partial charge in [0.05, 0.1) is 0 Å². The van der Waals surface area contributed by atoms with Gasteiger partial charge in [0.15, 0.2) is 0 Å². The van der Waals surface area contributed by atoms with Crippen molar-refractivity contribution in [1.29, 1.82) is 0 Å². The summed E-state index contributed by atoms with van der Waals surface area (Å²) in [6.45, 7) is 11.9. The Labute approximate surface area is 144 Å². The van der Waals surface area contributed by atoms with Gasteiger partial charge in [-0.05, 0) is 62.0 Å². The molecule has 2 saturated carbocycles. The molecule has 0 bridgehead atoms. The lowest BCUT2D eigenvalue weighted by atomic mass is 9.69. The molecule has 0 spiro atoms. The molecule has 2 aliphatic rings. The molecule has 0 radical (unpaired) electrons. The molecule has 134 valence electrons. The van der Waals surface area contributed by atoms with E-state index in [4.69, 9.17) is 4.99 Å².